The number of carbonyl (C=O) groups excluding carboxylic acids is 1. The first-order valence-corrected chi connectivity index (χ1v) is 7.34. The summed E-state index contributed by atoms with van der Waals surface area (Å²) in [7, 11) is 0. The van der Waals surface area contributed by atoms with E-state index in [9.17, 15) is 4.79 Å². The third-order valence-corrected chi connectivity index (χ3v) is 4.06. The van der Waals surface area contributed by atoms with Gasteiger partial charge in [0.2, 0.25) is 0 Å². The molecule has 5 heteroatoms. The standard InChI is InChI=1S/C13H20N2O2S/c1-2-17-13(16)5-6-14-7-9-15(10-8-14)12-4-3-11-18-12/h3-4,11H,2,5-10H2,1H3. The molecule has 0 saturated carbocycles. The number of esters is 1. The Morgan fingerprint density at radius 3 is 2.78 bits per heavy atom. The number of rotatable bonds is 5. The highest BCUT2D eigenvalue weighted by atomic mass is 32.1. The van der Waals surface area contributed by atoms with Gasteiger partial charge in [0, 0.05) is 32.7 Å². The molecule has 1 aromatic heterocycles. The summed E-state index contributed by atoms with van der Waals surface area (Å²) in [5.74, 6) is -0.0850. The SMILES string of the molecule is CCOC(=O)CCN1CCN(c2cccs2)CC1. The van der Waals surface area contributed by atoms with Crippen LogP contribution in [0.5, 0.6) is 0 Å². The Balaban J connectivity index is 1.69. The Morgan fingerprint density at radius 2 is 2.17 bits per heavy atom. The highest BCUT2D eigenvalue weighted by molar-refractivity contribution is 7.14. The van der Waals surface area contributed by atoms with E-state index in [2.05, 4.69) is 27.3 Å². The van der Waals surface area contributed by atoms with Gasteiger partial charge in [-0.3, -0.25) is 9.69 Å². The van der Waals surface area contributed by atoms with E-state index in [0.29, 0.717) is 13.0 Å². The Morgan fingerprint density at radius 1 is 1.39 bits per heavy atom. The summed E-state index contributed by atoms with van der Waals surface area (Å²) in [5, 5.41) is 3.46. The summed E-state index contributed by atoms with van der Waals surface area (Å²) in [6.45, 7) is 7.28. The van der Waals surface area contributed by atoms with Crippen molar-refractivity contribution >= 4 is 22.3 Å². The molecule has 0 unspecified atom stereocenters. The Hall–Kier alpha value is -1.07. The van der Waals surface area contributed by atoms with Gasteiger partial charge >= 0.3 is 5.97 Å². The van der Waals surface area contributed by atoms with E-state index in [1.165, 1.54) is 5.00 Å². The molecule has 1 aromatic rings. The second-order valence-electron chi connectivity index (χ2n) is 4.33. The van der Waals surface area contributed by atoms with E-state index < -0.39 is 0 Å². The van der Waals surface area contributed by atoms with Gasteiger partial charge in [-0.2, -0.15) is 0 Å². The molecule has 0 aliphatic carbocycles. The number of ether oxygens (including phenoxy) is 1. The summed E-state index contributed by atoms with van der Waals surface area (Å²) >= 11 is 1.79. The fourth-order valence-corrected chi connectivity index (χ4v) is 2.91. The van der Waals surface area contributed by atoms with Crippen molar-refractivity contribution in [3.8, 4) is 0 Å². The van der Waals surface area contributed by atoms with Crippen LogP contribution < -0.4 is 4.90 Å². The molecule has 0 bridgehead atoms. The van der Waals surface area contributed by atoms with Gasteiger partial charge in [-0.1, -0.05) is 0 Å². The number of carbonyl (C=O) groups is 1. The molecule has 1 saturated heterocycles. The van der Waals surface area contributed by atoms with Crippen LogP contribution in [0.4, 0.5) is 5.00 Å². The number of anilines is 1. The van der Waals surface area contributed by atoms with E-state index >= 15 is 0 Å². The van der Waals surface area contributed by atoms with E-state index in [4.69, 9.17) is 4.74 Å². The number of thiophene rings is 1. The first-order valence-electron chi connectivity index (χ1n) is 6.46. The average molecular weight is 268 g/mol. The van der Waals surface area contributed by atoms with Gasteiger partial charge in [-0.15, -0.1) is 11.3 Å². The third kappa shape index (κ3) is 3.71. The molecular formula is C13H20N2O2S. The zero-order valence-corrected chi connectivity index (χ0v) is 11.6. The monoisotopic (exact) mass is 268 g/mol. The minimum absolute atomic E-state index is 0.0850. The molecule has 0 spiro atoms. The fourth-order valence-electron chi connectivity index (χ4n) is 2.12. The summed E-state index contributed by atoms with van der Waals surface area (Å²) in [4.78, 5) is 16.0. The van der Waals surface area contributed by atoms with Crippen LogP contribution in [0.2, 0.25) is 0 Å². The first kappa shape index (κ1) is 13.4. The van der Waals surface area contributed by atoms with Gasteiger partial charge in [0.25, 0.3) is 0 Å². The lowest BCUT2D eigenvalue weighted by Gasteiger charge is -2.35. The molecule has 0 atom stereocenters. The molecule has 1 fully saturated rings. The summed E-state index contributed by atoms with van der Waals surface area (Å²) in [6.07, 6.45) is 0.507. The van der Waals surface area contributed by atoms with Crippen molar-refractivity contribution in [3.05, 3.63) is 17.5 Å². The second kappa shape index (κ2) is 6.75. The van der Waals surface area contributed by atoms with Gasteiger partial charge in [-0.05, 0) is 24.4 Å². The largest absolute Gasteiger partial charge is 0.466 e. The zero-order chi connectivity index (χ0) is 12.8. The lowest BCUT2D eigenvalue weighted by molar-refractivity contribution is -0.143. The fraction of sp³-hybridized carbons (Fsp3) is 0.615. The maximum Gasteiger partial charge on any atom is 0.307 e. The van der Waals surface area contributed by atoms with Crippen molar-refractivity contribution < 1.29 is 9.53 Å². The smallest absolute Gasteiger partial charge is 0.307 e. The van der Waals surface area contributed by atoms with Crippen LogP contribution in [0.3, 0.4) is 0 Å². The molecule has 0 aromatic carbocycles. The van der Waals surface area contributed by atoms with Crippen LogP contribution in [0, 0.1) is 0 Å². The van der Waals surface area contributed by atoms with Crippen molar-refractivity contribution in [2.24, 2.45) is 0 Å². The van der Waals surface area contributed by atoms with E-state index in [0.717, 1.165) is 32.7 Å². The lowest BCUT2D eigenvalue weighted by Crippen LogP contribution is -2.46. The predicted octanol–water partition coefficient (Wildman–Crippen LogP) is 1.82. The zero-order valence-electron chi connectivity index (χ0n) is 10.8. The number of piperazine rings is 1. The first-order chi connectivity index (χ1) is 8.79. The Bertz CT molecular complexity index is 359. The van der Waals surface area contributed by atoms with E-state index in [-0.39, 0.29) is 5.97 Å². The predicted molar refractivity (Wildman–Crippen MR) is 74.2 cm³/mol. The van der Waals surface area contributed by atoms with Crippen LogP contribution in [0.15, 0.2) is 17.5 Å². The van der Waals surface area contributed by atoms with Crippen molar-refractivity contribution in [2.45, 2.75) is 13.3 Å². The molecule has 100 valence electrons. The second-order valence-corrected chi connectivity index (χ2v) is 5.26. The average Bonchev–Trinajstić information content (AvgIpc) is 2.91. The maximum absolute atomic E-state index is 11.3. The Labute approximate surface area is 112 Å². The van der Waals surface area contributed by atoms with Crippen molar-refractivity contribution in [1.82, 2.24) is 4.90 Å². The summed E-state index contributed by atoms with van der Waals surface area (Å²) in [6, 6.07) is 4.26. The van der Waals surface area contributed by atoms with Crippen molar-refractivity contribution in [1.29, 1.82) is 0 Å². The van der Waals surface area contributed by atoms with E-state index in [1.54, 1.807) is 11.3 Å². The molecule has 1 aliphatic rings. The van der Waals surface area contributed by atoms with Gasteiger partial charge in [-0.25, -0.2) is 0 Å². The normalized spacial score (nSPS) is 16.8. The summed E-state index contributed by atoms with van der Waals surface area (Å²) < 4.78 is 4.94. The van der Waals surface area contributed by atoms with Crippen molar-refractivity contribution in [3.63, 3.8) is 0 Å². The molecule has 2 heterocycles. The minimum Gasteiger partial charge on any atom is -0.466 e. The van der Waals surface area contributed by atoms with Crippen LogP contribution >= 0.6 is 11.3 Å². The molecule has 0 amide bonds. The minimum atomic E-state index is -0.0850. The van der Waals surface area contributed by atoms with Gasteiger partial charge < -0.3 is 9.64 Å². The Kier molecular flexibility index (Phi) is 5.01. The number of hydrogen-bond donors (Lipinski definition) is 0. The molecule has 0 radical (unpaired) electrons. The quantitative estimate of drug-likeness (QED) is 0.763. The van der Waals surface area contributed by atoms with Crippen LogP contribution in [-0.2, 0) is 9.53 Å². The van der Waals surface area contributed by atoms with Gasteiger partial charge in [0.05, 0.1) is 18.0 Å². The number of hydrogen-bond acceptors (Lipinski definition) is 5. The molecule has 0 N–H and O–H groups in total. The lowest BCUT2D eigenvalue weighted by atomic mass is 10.3. The molecule has 18 heavy (non-hydrogen) atoms. The van der Waals surface area contributed by atoms with E-state index in [1.807, 2.05) is 6.92 Å². The topological polar surface area (TPSA) is 32.8 Å². The van der Waals surface area contributed by atoms with Crippen LogP contribution in [-0.4, -0.2) is 50.2 Å². The molecule has 1 aliphatic heterocycles. The maximum atomic E-state index is 11.3. The van der Waals surface area contributed by atoms with Crippen LogP contribution in [0.1, 0.15) is 13.3 Å². The molecule has 2 rings (SSSR count). The third-order valence-electron chi connectivity index (χ3n) is 3.13. The van der Waals surface area contributed by atoms with Gasteiger partial charge in [0.15, 0.2) is 0 Å². The molecular weight excluding hydrogens is 248 g/mol. The van der Waals surface area contributed by atoms with Crippen molar-refractivity contribution in [2.75, 3.05) is 44.2 Å². The van der Waals surface area contributed by atoms with Gasteiger partial charge in [0.1, 0.15) is 0 Å². The molecule has 4 nitrogen and oxygen atoms in total. The highest BCUT2D eigenvalue weighted by Crippen LogP contribution is 2.22. The highest BCUT2D eigenvalue weighted by Gasteiger charge is 2.18. The summed E-state index contributed by atoms with van der Waals surface area (Å²) in [5.41, 5.74) is 0. The number of nitrogens with zero attached hydrogens (tertiary/aromatic N) is 2. The van der Waals surface area contributed by atoms with Crippen LogP contribution in [0.25, 0.3) is 0 Å².